The van der Waals surface area contributed by atoms with Gasteiger partial charge < -0.3 is 15.5 Å². The number of likely N-dealkylation sites (tertiary alicyclic amines) is 1. The minimum Gasteiger partial charge on any atom is -0.357 e. The molecule has 2 N–H and O–H groups in total. The molecule has 1 fully saturated rings. The SMILES string of the molecule is CCCN1CCC(NC(=NCC(C)(C)c2ccccc2)NCC)CC1.I. The van der Waals surface area contributed by atoms with E-state index >= 15 is 0 Å². The van der Waals surface area contributed by atoms with Crippen LogP contribution in [0.4, 0.5) is 0 Å². The quantitative estimate of drug-likeness (QED) is 0.358. The number of rotatable bonds is 7. The normalized spacial score (nSPS) is 16.8. The standard InChI is InChI=1S/C21H36N4.HI/c1-5-14-25-15-12-19(13-16-25)24-20(22-6-2)23-17-21(3,4)18-10-8-7-9-11-18;/h7-11,19H,5-6,12-17H2,1-4H3,(H2,22,23,24);1H. The van der Waals surface area contributed by atoms with Crippen LogP contribution in [0.3, 0.4) is 0 Å². The van der Waals surface area contributed by atoms with Gasteiger partial charge in [-0.25, -0.2) is 0 Å². The second kappa shape index (κ2) is 11.8. The predicted octanol–water partition coefficient (Wildman–Crippen LogP) is 4.01. The van der Waals surface area contributed by atoms with Gasteiger partial charge in [-0.3, -0.25) is 4.99 Å². The van der Waals surface area contributed by atoms with Crippen molar-refractivity contribution in [3.05, 3.63) is 35.9 Å². The highest BCUT2D eigenvalue weighted by Gasteiger charge is 2.22. The number of halogens is 1. The van der Waals surface area contributed by atoms with Gasteiger partial charge in [-0.2, -0.15) is 0 Å². The third kappa shape index (κ3) is 7.43. The van der Waals surface area contributed by atoms with Crippen LogP contribution in [0.15, 0.2) is 35.3 Å². The van der Waals surface area contributed by atoms with E-state index < -0.39 is 0 Å². The number of nitrogens with one attached hydrogen (secondary N) is 2. The lowest BCUT2D eigenvalue weighted by Crippen LogP contribution is -2.49. The second-order valence-corrected chi connectivity index (χ2v) is 7.71. The van der Waals surface area contributed by atoms with Crippen LogP contribution in [0.25, 0.3) is 0 Å². The highest BCUT2D eigenvalue weighted by Crippen LogP contribution is 2.23. The molecular weight excluding hydrogens is 435 g/mol. The fourth-order valence-corrected chi connectivity index (χ4v) is 3.39. The molecule has 0 aromatic heterocycles. The number of aliphatic imine (C=N–C) groups is 1. The van der Waals surface area contributed by atoms with Crippen LogP contribution in [0.1, 0.15) is 52.5 Å². The molecule has 148 valence electrons. The van der Waals surface area contributed by atoms with Crippen LogP contribution >= 0.6 is 24.0 Å². The van der Waals surface area contributed by atoms with E-state index in [9.17, 15) is 0 Å². The second-order valence-electron chi connectivity index (χ2n) is 7.71. The van der Waals surface area contributed by atoms with Crippen LogP contribution in [-0.4, -0.2) is 49.6 Å². The molecule has 1 aliphatic heterocycles. The fraction of sp³-hybridized carbons (Fsp3) is 0.667. The molecule has 1 aromatic rings. The monoisotopic (exact) mass is 472 g/mol. The zero-order valence-corrected chi connectivity index (χ0v) is 19.3. The summed E-state index contributed by atoms with van der Waals surface area (Å²) in [4.78, 5) is 7.46. The van der Waals surface area contributed by atoms with Gasteiger partial charge in [-0.05, 0) is 38.3 Å². The maximum Gasteiger partial charge on any atom is 0.191 e. The smallest absolute Gasteiger partial charge is 0.191 e. The first-order valence-corrected chi connectivity index (χ1v) is 9.88. The minimum atomic E-state index is 0. The molecular formula is C21H37IN4. The fourth-order valence-electron chi connectivity index (χ4n) is 3.39. The topological polar surface area (TPSA) is 39.7 Å². The molecule has 0 amide bonds. The molecule has 0 bridgehead atoms. The largest absolute Gasteiger partial charge is 0.357 e. The van der Waals surface area contributed by atoms with Gasteiger partial charge in [0.1, 0.15) is 0 Å². The number of piperidine rings is 1. The molecule has 0 spiro atoms. The van der Waals surface area contributed by atoms with Crippen LogP contribution in [-0.2, 0) is 5.41 Å². The Bertz CT molecular complexity index is 522. The minimum absolute atomic E-state index is 0. The summed E-state index contributed by atoms with van der Waals surface area (Å²) in [6.07, 6.45) is 3.65. The molecule has 1 aromatic carbocycles. The molecule has 5 heteroatoms. The number of hydrogen-bond donors (Lipinski definition) is 2. The first-order chi connectivity index (χ1) is 12.0. The van der Waals surface area contributed by atoms with E-state index in [1.807, 2.05) is 0 Å². The van der Waals surface area contributed by atoms with Crippen molar-refractivity contribution in [3.8, 4) is 0 Å². The number of benzene rings is 1. The number of nitrogens with zero attached hydrogens (tertiary/aromatic N) is 2. The highest BCUT2D eigenvalue weighted by molar-refractivity contribution is 14.0. The van der Waals surface area contributed by atoms with Gasteiger partial charge in [0.25, 0.3) is 0 Å². The molecule has 0 atom stereocenters. The average Bonchev–Trinajstić information content (AvgIpc) is 2.62. The number of hydrogen-bond acceptors (Lipinski definition) is 2. The van der Waals surface area contributed by atoms with Gasteiger partial charge in [-0.1, -0.05) is 51.1 Å². The molecule has 0 saturated carbocycles. The summed E-state index contributed by atoms with van der Waals surface area (Å²) < 4.78 is 0. The maximum atomic E-state index is 4.89. The van der Waals surface area contributed by atoms with Gasteiger partial charge in [0.2, 0.25) is 0 Å². The van der Waals surface area contributed by atoms with E-state index in [0.29, 0.717) is 6.04 Å². The van der Waals surface area contributed by atoms with Crippen molar-refractivity contribution in [1.29, 1.82) is 0 Å². The van der Waals surface area contributed by atoms with Crippen molar-refractivity contribution in [2.45, 2.75) is 58.4 Å². The van der Waals surface area contributed by atoms with Crippen molar-refractivity contribution in [3.63, 3.8) is 0 Å². The molecule has 26 heavy (non-hydrogen) atoms. The molecule has 4 nitrogen and oxygen atoms in total. The van der Waals surface area contributed by atoms with Crippen LogP contribution in [0.2, 0.25) is 0 Å². The van der Waals surface area contributed by atoms with E-state index in [2.05, 4.69) is 73.6 Å². The third-order valence-electron chi connectivity index (χ3n) is 5.00. The lowest BCUT2D eigenvalue weighted by molar-refractivity contribution is 0.206. The summed E-state index contributed by atoms with van der Waals surface area (Å²) in [5, 5.41) is 7.07. The Morgan fingerprint density at radius 2 is 1.81 bits per heavy atom. The van der Waals surface area contributed by atoms with Crippen molar-refractivity contribution < 1.29 is 0 Å². The number of guanidine groups is 1. The van der Waals surface area contributed by atoms with Gasteiger partial charge in [0.15, 0.2) is 5.96 Å². The van der Waals surface area contributed by atoms with Crippen LogP contribution in [0.5, 0.6) is 0 Å². The Morgan fingerprint density at radius 3 is 2.38 bits per heavy atom. The summed E-state index contributed by atoms with van der Waals surface area (Å²) in [6.45, 7) is 14.2. The Morgan fingerprint density at radius 1 is 1.15 bits per heavy atom. The summed E-state index contributed by atoms with van der Waals surface area (Å²) >= 11 is 0. The zero-order valence-electron chi connectivity index (χ0n) is 16.9. The summed E-state index contributed by atoms with van der Waals surface area (Å²) in [5.74, 6) is 0.959. The van der Waals surface area contributed by atoms with E-state index in [0.717, 1.165) is 19.0 Å². The summed E-state index contributed by atoms with van der Waals surface area (Å²) in [7, 11) is 0. The van der Waals surface area contributed by atoms with E-state index in [1.54, 1.807) is 0 Å². The molecule has 0 radical (unpaired) electrons. The molecule has 1 saturated heterocycles. The first-order valence-electron chi connectivity index (χ1n) is 9.88. The van der Waals surface area contributed by atoms with Gasteiger partial charge in [-0.15, -0.1) is 24.0 Å². The van der Waals surface area contributed by atoms with Crippen molar-refractivity contribution in [1.82, 2.24) is 15.5 Å². The van der Waals surface area contributed by atoms with E-state index in [-0.39, 0.29) is 29.4 Å². The maximum absolute atomic E-state index is 4.89. The zero-order chi connectivity index (χ0) is 18.1. The molecule has 1 heterocycles. The third-order valence-corrected chi connectivity index (χ3v) is 5.00. The highest BCUT2D eigenvalue weighted by atomic mass is 127. The first kappa shape index (κ1) is 23.2. The van der Waals surface area contributed by atoms with Crippen LogP contribution < -0.4 is 10.6 Å². The Balaban J connectivity index is 0.00000338. The lowest BCUT2D eigenvalue weighted by atomic mass is 9.85. The summed E-state index contributed by atoms with van der Waals surface area (Å²) in [5.41, 5.74) is 1.37. The van der Waals surface area contributed by atoms with Gasteiger partial charge in [0, 0.05) is 31.1 Å². The van der Waals surface area contributed by atoms with Crippen LogP contribution in [0, 0.1) is 0 Å². The van der Waals surface area contributed by atoms with Gasteiger partial charge in [0.05, 0.1) is 6.54 Å². The summed E-state index contributed by atoms with van der Waals surface area (Å²) in [6, 6.07) is 11.2. The van der Waals surface area contributed by atoms with Crippen molar-refractivity contribution in [2.75, 3.05) is 32.7 Å². The van der Waals surface area contributed by atoms with Crippen molar-refractivity contribution >= 4 is 29.9 Å². The molecule has 0 unspecified atom stereocenters. The average molecular weight is 472 g/mol. The molecule has 0 aliphatic carbocycles. The Kier molecular flexibility index (Phi) is 10.5. The lowest BCUT2D eigenvalue weighted by Gasteiger charge is -2.33. The molecule has 2 rings (SSSR count). The molecule has 1 aliphatic rings. The van der Waals surface area contributed by atoms with E-state index in [4.69, 9.17) is 4.99 Å². The van der Waals surface area contributed by atoms with Crippen molar-refractivity contribution in [2.24, 2.45) is 4.99 Å². The predicted molar refractivity (Wildman–Crippen MR) is 124 cm³/mol. The Hall–Kier alpha value is -0.820. The van der Waals surface area contributed by atoms with E-state index in [1.165, 1.54) is 44.5 Å². The Labute approximate surface area is 177 Å². The van der Waals surface area contributed by atoms with Gasteiger partial charge >= 0.3 is 0 Å².